The predicted octanol–water partition coefficient (Wildman–Crippen LogP) is 4.10. The van der Waals surface area contributed by atoms with Crippen molar-refractivity contribution in [1.29, 1.82) is 0 Å². The van der Waals surface area contributed by atoms with Crippen molar-refractivity contribution < 1.29 is 9.53 Å². The molecule has 0 saturated heterocycles. The Bertz CT molecular complexity index is 743. The Labute approximate surface area is 155 Å². The van der Waals surface area contributed by atoms with Crippen LogP contribution >= 0.6 is 35.4 Å². The SMILES string of the molecule is CCOc1c(Cl)cc(C(=O)NC(=S)Nc2ccc(N)cc2)cc1Cl. The average Bonchev–Trinajstić information content (AvgIpc) is 2.52. The monoisotopic (exact) mass is 383 g/mol. The standard InChI is InChI=1S/C16H15Cl2N3O2S/c1-2-23-14-12(17)7-9(8-13(14)18)15(22)21-16(24)20-11-5-3-10(19)4-6-11/h3-8H,2,19H2,1H3,(H2,20,21,22,24). The summed E-state index contributed by atoms with van der Waals surface area (Å²) >= 11 is 17.3. The zero-order chi connectivity index (χ0) is 17.7. The Balaban J connectivity index is 2.06. The maximum absolute atomic E-state index is 12.3. The lowest BCUT2D eigenvalue weighted by molar-refractivity contribution is 0.0977. The first-order valence-corrected chi connectivity index (χ1v) is 8.17. The Hall–Kier alpha value is -2.02. The van der Waals surface area contributed by atoms with Crippen molar-refractivity contribution in [3.63, 3.8) is 0 Å². The van der Waals surface area contributed by atoms with Gasteiger partial charge in [-0.2, -0.15) is 0 Å². The normalized spacial score (nSPS) is 10.1. The zero-order valence-corrected chi connectivity index (χ0v) is 15.1. The van der Waals surface area contributed by atoms with E-state index in [0.29, 0.717) is 23.7 Å². The van der Waals surface area contributed by atoms with Crippen molar-refractivity contribution in [2.24, 2.45) is 0 Å². The number of nitrogen functional groups attached to an aromatic ring is 1. The Morgan fingerprint density at radius 1 is 1.21 bits per heavy atom. The van der Waals surface area contributed by atoms with Gasteiger partial charge in [-0.3, -0.25) is 10.1 Å². The van der Waals surface area contributed by atoms with E-state index in [2.05, 4.69) is 10.6 Å². The number of hydrogen-bond donors (Lipinski definition) is 3. The second-order valence-corrected chi connectivity index (χ2v) is 5.95. The number of ether oxygens (including phenoxy) is 1. The number of nitrogens with one attached hydrogen (secondary N) is 2. The van der Waals surface area contributed by atoms with Crippen molar-refractivity contribution in [3.05, 3.63) is 52.0 Å². The molecule has 2 aromatic rings. The molecule has 126 valence electrons. The molecule has 0 spiro atoms. The Kier molecular flexibility index (Phi) is 6.25. The molecule has 8 heteroatoms. The Morgan fingerprint density at radius 3 is 2.33 bits per heavy atom. The van der Waals surface area contributed by atoms with Crippen molar-refractivity contribution in [3.8, 4) is 5.75 Å². The van der Waals surface area contributed by atoms with Crippen LogP contribution in [0.25, 0.3) is 0 Å². The first-order valence-electron chi connectivity index (χ1n) is 7.00. The summed E-state index contributed by atoms with van der Waals surface area (Å²) in [5, 5.41) is 6.10. The van der Waals surface area contributed by atoms with Gasteiger partial charge in [0.05, 0.1) is 16.7 Å². The summed E-state index contributed by atoms with van der Waals surface area (Å²) < 4.78 is 5.33. The van der Waals surface area contributed by atoms with E-state index in [1.54, 1.807) is 24.3 Å². The lowest BCUT2D eigenvalue weighted by Gasteiger charge is -2.12. The summed E-state index contributed by atoms with van der Waals surface area (Å²) in [7, 11) is 0. The smallest absolute Gasteiger partial charge is 0.257 e. The maximum atomic E-state index is 12.3. The molecule has 0 fully saturated rings. The molecule has 0 aliphatic carbocycles. The molecule has 0 bridgehead atoms. The van der Waals surface area contributed by atoms with Crippen LogP contribution in [0, 0.1) is 0 Å². The molecule has 0 atom stereocenters. The molecule has 5 nitrogen and oxygen atoms in total. The quantitative estimate of drug-likeness (QED) is 0.547. The maximum Gasteiger partial charge on any atom is 0.257 e. The third-order valence-corrected chi connectivity index (χ3v) is 3.71. The van der Waals surface area contributed by atoms with Crippen LogP contribution in [0.15, 0.2) is 36.4 Å². The summed E-state index contributed by atoms with van der Waals surface area (Å²) in [4.78, 5) is 12.3. The minimum atomic E-state index is -0.435. The largest absolute Gasteiger partial charge is 0.491 e. The van der Waals surface area contributed by atoms with E-state index in [4.69, 9.17) is 45.9 Å². The van der Waals surface area contributed by atoms with Gasteiger partial charge in [-0.25, -0.2) is 0 Å². The summed E-state index contributed by atoms with van der Waals surface area (Å²) in [5.41, 5.74) is 7.22. The number of rotatable bonds is 4. The predicted molar refractivity (Wildman–Crippen MR) is 102 cm³/mol. The molecule has 0 heterocycles. The molecule has 2 aromatic carbocycles. The molecular weight excluding hydrogens is 369 g/mol. The molecule has 2 rings (SSSR count). The van der Waals surface area contributed by atoms with E-state index in [1.807, 2.05) is 6.92 Å². The van der Waals surface area contributed by atoms with Crippen molar-refractivity contribution in [1.82, 2.24) is 5.32 Å². The van der Waals surface area contributed by atoms with E-state index in [9.17, 15) is 4.79 Å². The second-order valence-electron chi connectivity index (χ2n) is 4.73. The molecule has 1 amide bonds. The van der Waals surface area contributed by atoms with Crippen LogP contribution in [0.3, 0.4) is 0 Å². The molecule has 0 unspecified atom stereocenters. The lowest BCUT2D eigenvalue weighted by Crippen LogP contribution is -2.34. The first kappa shape index (κ1) is 18.3. The highest BCUT2D eigenvalue weighted by Gasteiger charge is 2.15. The zero-order valence-electron chi connectivity index (χ0n) is 12.7. The van der Waals surface area contributed by atoms with Crippen LogP contribution in [-0.4, -0.2) is 17.6 Å². The minimum absolute atomic E-state index is 0.144. The molecule has 0 radical (unpaired) electrons. The number of halogens is 2. The lowest BCUT2D eigenvalue weighted by atomic mass is 10.2. The van der Waals surface area contributed by atoms with Gasteiger partial charge < -0.3 is 15.8 Å². The highest BCUT2D eigenvalue weighted by atomic mass is 35.5. The minimum Gasteiger partial charge on any atom is -0.491 e. The molecule has 4 N–H and O–H groups in total. The van der Waals surface area contributed by atoms with E-state index in [-0.39, 0.29) is 20.7 Å². The van der Waals surface area contributed by atoms with Gasteiger partial charge in [0.15, 0.2) is 10.9 Å². The summed E-state index contributed by atoms with van der Waals surface area (Å²) in [6, 6.07) is 9.88. The van der Waals surface area contributed by atoms with Gasteiger partial charge in [-0.15, -0.1) is 0 Å². The summed E-state index contributed by atoms with van der Waals surface area (Å²) in [6.45, 7) is 2.23. The average molecular weight is 384 g/mol. The van der Waals surface area contributed by atoms with Crippen molar-refractivity contribution in [2.75, 3.05) is 17.7 Å². The third-order valence-electron chi connectivity index (χ3n) is 2.94. The van der Waals surface area contributed by atoms with Crippen molar-refractivity contribution >= 4 is 57.8 Å². The first-order chi connectivity index (χ1) is 11.4. The van der Waals surface area contributed by atoms with Gasteiger partial charge in [-0.1, -0.05) is 23.2 Å². The van der Waals surface area contributed by atoms with Crippen LogP contribution in [0.1, 0.15) is 17.3 Å². The van der Waals surface area contributed by atoms with Crippen LogP contribution in [0.2, 0.25) is 10.0 Å². The molecule has 0 aromatic heterocycles. The number of thiocarbonyl (C=S) groups is 1. The number of anilines is 2. The van der Waals surface area contributed by atoms with E-state index >= 15 is 0 Å². The topological polar surface area (TPSA) is 76.4 Å². The van der Waals surface area contributed by atoms with E-state index < -0.39 is 5.91 Å². The highest BCUT2D eigenvalue weighted by Crippen LogP contribution is 2.34. The number of benzene rings is 2. The fourth-order valence-electron chi connectivity index (χ4n) is 1.88. The number of hydrogen-bond acceptors (Lipinski definition) is 4. The van der Waals surface area contributed by atoms with E-state index in [0.717, 1.165) is 0 Å². The van der Waals surface area contributed by atoms with E-state index in [1.165, 1.54) is 12.1 Å². The molecule has 0 aliphatic rings. The molecular formula is C16H15Cl2N3O2S. The van der Waals surface area contributed by atoms with Crippen LogP contribution in [0.4, 0.5) is 11.4 Å². The number of carbonyl (C=O) groups is 1. The summed E-state index contributed by atoms with van der Waals surface area (Å²) in [6.07, 6.45) is 0. The van der Waals surface area contributed by atoms with Crippen molar-refractivity contribution in [2.45, 2.75) is 6.92 Å². The number of carbonyl (C=O) groups excluding carboxylic acids is 1. The molecule has 24 heavy (non-hydrogen) atoms. The summed E-state index contributed by atoms with van der Waals surface area (Å²) in [5.74, 6) is -0.0882. The fraction of sp³-hybridized carbons (Fsp3) is 0.125. The fourth-order valence-corrected chi connectivity index (χ4v) is 2.68. The molecule has 0 aliphatic heterocycles. The third kappa shape index (κ3) is 4.74. The highest BCUT2D eigenvalue weighted by molar-refractivity contribution is 7.80. The molecule has 0 saturated carbocycles. The van der Waals surface area contributed by atoms with Crippen LogP contribution < -0.4 is 21.1 Å². The van der Waals surface area contributed by atoms with Gasteiger partial charge in [0.1, 0.15) is 0 Å². The van der Waals surface area contributed by atoms with Crippen LogP contribution in [-0.2, 0) is 0 Å². The Morgan fingerprint density at radius 2 is 1.79 bits per heavy atom. The van der Waals surface area contributed by atoms with Crippen LogP contribution in [0.5, 0.6) is 5.75 Å². The number of amides is 1. The number of nitrogens with two attached hydrogens (primary N) is 1. The van der Waals surface area contributed by atoms with Gasteiger partial charge >= 0.3 is 0 Å². The van der Waals surface area contributed by atoms with Gasteiger partial charge in [0.25, 0.3) is 5.91 Å². The van der Waals surface area contributed by atoms with Gasteiger partial charge in [0.2, 0.25) is 0 Å². The second kappa shape index (κ2) is 8.19. The van der Waals surface area contributed by atoms with Gasteiger partial charge in [0, 0.05) is 16.9 Å². The van der Waals surface area contributed by atoms with Gasteiger partial charge in [-0.05, 0) is 55.5 Å².